The van der Waals surface area contributed by atoms with Crippen molar-refractivity contribution in [3.63, 3.8) is 0 Å². The first kappa shape index (κ1) is 16.4. The summed E-state index contributed by atoms with van der Waals surface area (Å²) >= 11 is 4.90. The van der Waals surface area contributed by atoms with E-state index in [4.69, 9.17) is 0 Å². The summed E-state index contributed by atoms with van der Waals surface area (Å²) in [5.41, 5.74) is 0.801. The van der Waals surface area contributed by atoms with E-state index in [9.17, 15) is 4.79 Å². The summed E-state index contributed by atoms with van der Waals surface area (Å²) in [6.07, 6.45) is 4.78. The van der Waals surface area contributed by atoms with Gasteiger partial charge in [-0.15, -0.1) is 16.9 Å². The molecule has 0 saturated heterocycles. The summed E-state index contributed by atoms with van der Waals surface area (Å²) in [5, 5.41) is 14.9. The summed E-state index contributed by atoms with van der Waals surface area (Å²) in [6, 6.07) is 7.97. The number of carbonyl (C=O) groups excluding carboxylic acids is 1. The second-order valence-corrected chi connectivity index (χ2v) is 7.43. The van der Waals surface area contributed by atoms with Crippen LogP contribution in [0.25, 0.3) is 0 Å². The van der Waals surface area contributed by atoms with Gasteiger partial charge in [0.1, 0.15) is 0 Å². The maximum atomic E-state index is 12.0. The molecule has 3 rings (SSSR count). The Morgan fingerprint density at radius 2 is 2.04 bits per heavy atom. The average Bonchev–Trinajstić information content (AvgIpc) is 3.20. The summed E-state index contributed by atoms with van der Waals surface area (Å²) in [6.45, 7) is 0. The first-order chi connectivity index (χ1) is 11.2. The van der Waals surface area contributed by atoms with Crippen LogP contribution in [0.5, 0.6) is 0 Å². The molecule has 1 amide bonds. The number of carbonyl (C=O) groups is 1. The van der Waals surface area contributed by atoms with Crippen molar-refractivity contribution in [3.05, 3.63) is 34.6 Å². The number of thioether (sulfide) groups is 1. The van der Waals surface area contributed by atoms with Crippen LogP contribution in [0.2, 0.25) is 0 Å². The van der Waals surface area contributed by atoms with Crippen molar-refractivity contribution in [1.82, 2.24) is 20.2 Å². The molecule has 1 aromatic heterocycles. The third-order valence-corrected chi connectivity index (χ3v) is 5.28. The summed E-state index contributed by atoms with van der Waals surface area (Å²) in [7, 11) is 0. The van der Waals surface area contributed by atoms with E-state index in [2.05, 4.69) is 36.8 Å². The first-order valence-corrected chi connectivity index (χ1v) is 9.57. The minimum absolute atomic E-state index is 0.0165. The Morgan fingerprint density at radius 3 is 2.78 bits per heavy atom. The zero-order valence-corrected chi connectivity index (χ0v) is 15.0. The van der Waals surface area contributed by atoms with Gasteiger partial charge in [0.2, 0.25) is 5.91 Å². The third-order valence-electron chi connectivity index (χ3n) is 3.82. The van der Waals surface area contributed by atoms with E-state index in [0.29, 0.717) is 17.5 Å². The van der Waals surface area contributed by atoms with Crippen molar-refractivity contribution < 1.29 is 4.79 Å². The van der Waals surface area contributed by atoms with Crippen molar-refractivity contribution in [3.8, 4) is 0 Å². The lowest BCUT2D eigenvalue weighted by atomic mass is 10.2. The number of rotatable bonds is 6. The quantitative estimate of drug-likeness (QED) is 0.810. The smallest absolute Gasteiger partial charge is 0.234 e. The number of aromatic nitrogens is 4. The molecule has 6 nitrogen and oxygen atoms in total. The van der Waals surface area contributed by atoms with Crippen molar-refractivity contribution in [1.29, 1.82) is 0 Å². The SMILES string of the molecule is O=C(CSCc1nnnn1C1CCCC1)Nc1ccc(Br)cc1. The fraction of sp³-hybridized carbons (Fsp3) is 0.467. The van der Waals surface area contributed by atoms with Gasteiger partial charge >= 0.3 is 0 Å². The van der Waals surface area contributed by atoms with Gasteiger partial charge in [-0.05, 0) is 47.5 Å². The van der Waals surface area contributed by atoms with Crippen LogP contribution >= 0.6 is 27.7 Å². The minimum Gasteiger partial charge on any atom is -0.325 e. The second-order valence-electron chi connectivity index (χ2n) is 5.53. The van der Waals surface area contributed by atoms with Gasteiger partial charge in [-0.1, -0.05) is 28.8 Å². The largest absolute Gasteiger partial charge is 0.325 e. The molecule has 1 aromatic carbocycles. The van der Waals surface area contributed by atoms with Crippen molar-refractivity contribution in [2.24, 2.45) is 0 Å². The van der Waals surface area contributed by atoms with Crippen LogP contribution in [0.4, 0.5) is 5.69 Å². The number of anilines is 1. The Hall–Kier alpha value is -1.41. The van der Waals surface area contributed by atoms with Gasteiger partial charge in [0, 0.05) is 10.2 Å². The predicted molar refractivity (Wildman–Crippen MR) is 94.3 cm³/mol. The molecule has 1 saturated carbocycles. The highest BCUT2D eigenvalue weighted by molar-refractivity contribution is 9.10. The van der Waals surface area contributed by atoms with Gasteiger partial charge in [0.05, 0.1) is 17.5 Å². The Kier molecular flexibility index (Phi) is 5.66. The number of tetrazole rings is 1. The number of benzene rings is 1. The molecule has 0 atom stereocenters. The topological polar surface area (TPSA) is 72.7 Å². The van der Waals surface area contributed by atoms with Crippen LogP contribution < -0.4 is 5.32 Å². The normalized spacial score (nSPS) is 15.0. The highest BCUT2D eigenvalue weighted by atomic mass is 79.9. The average molecular weight is 396 g/mol. The molecule has 1 N–H and O–H groups in total. The molecule has 1 heterocycles. The van der Waals surface area contributed by atoms with Gasteiger partial charge < -0.3 is 5.32 Å². The summed E-state index contributed by atoms with van der Waals surface area (Å²) in [4.78, 5) is 12.0. The number of nitrogens with zero attached hydrogens (tertiary/aromatic N) is 4. The van der Waals surface area contributed by atoms with E-state index in [1.165, 1.54) is 24.6 Å². The molecule has 122 valence electrons. The maximum absolute atomic E-state index is 12.0. The van der Waals surface area contributed by atoms with Crippen LogP contribution in [0, 0.1) is 0 Å². The van der Waals surface area contributed by atoms with Gasteiger partial charge in [-0.25, -0.2) is 4.68 Å². The lowest BCUT2D eigenvalue weighted by Crippen LogP contribution is -2.15. The Balaban J connectivity index is 1.47. The first-order valence-electron chi connectivity index (χ1n) is 7.62. The van der Waals surface area contributed by atoms with E-state index in [-0.39, 0.29) is 5.91 Å². The number of halogens is 1. The summed E-state index contributed by atoms with van der Waals surface area (Å²) < 4.78 is 2.93. The standard InChI is InChI=1S/C15H18BrN5OS/c16-11-5-7-12(8-6-11)17-15(22)10-23-9-14-18-19-20-21(14)13-3-1-2-4-13/h5-8,13H,1-4,9-10H2,(H,17,22). The van der Waals surface area contributed by atoms with E-state index < -0.39 is 0 Å². The van der Waals surface area contributed by atoms with Gasteiger partial charge in [0.15, 0.2) is 5.82 Å². The fourth-order valence-electron chi connectivity index (χ4n) is 2.71. The van der Waals surface area contributed by atoms with Crippen LogP contribution in [0.1, 0.15) is 37.5 Å². The van der Waals surface area contributed by atoms with E-state index in [1.807, 2.05) is 28.9 Å². The molecule has 1 fully saturated rings. The second kappa shape index (κ2) is 7.92. The maximum Gasteiger partial charge on any atom is 0.234 e. The number of nitrogens with one attached hydrogen (secondary N) is 1. The highest BCUT2D eigenvalue weighted by Gasteiger charge is 2.21. The van der Waals surface area contributed by atoms with Gasteiger partial charge in [0.25, 0.3) is 0 Å². The van der Waals surface area contributed by atoms with Crippen LogP contribution in [0.15, 0.2) is 28.7 Å². The number of hydrogen-bond donors (Lipinski definition) is 1. The Morgan fingerprint density at radius 1 is 1.30 bits per heavy atom. The van der Waals surface area contributed by atoms with E-state index >= 15 is 0 Å². The van der Waals surface area contributed by atoms with Crippen molar-refractivity contribution >= 4 is 39.3 Å². The molecule has 1 aliphatic carbocycles. The zero-order valence-electron chi connectivity index (χ0n) is 12.6. The highest BCUT2D eigenvalue weighted by Crippen LogP contribution is 2.29. The molecule has 0 unspecified atom stereocenters. The molecule has 23 heavy (non-hydrogen) atoms. The van der Waals surface area contributed by atoms with Crippen molar-refractivity contribution in [2.75, 3.05) is 11.1 Å². The Bertz CT molecular complexity index is 654. The third kappa shape index (κ3) is 4.54. The van der Waals surface area contributed by atoms with E-state index in [0.717, 1.165) is 28.8 Å². The molecule has 8 heteroatoms. The number of amides is 1. The molecule has 0 radical (unpaired) electrons. The zero-order chi connectivity index (χ0) is 16.1. The molecule has 0 bridgehead atoms. The molecular formula is C15H18BrN5OS. The summed E-state index contributed by atoms with van der Waals surface area (Å²) in [5.74, 6) is 1.88. The molecular weight excluding hydrogens is 378 g/mol. The van der Waals surface area contributed by atoms with E-state index in [1.54, 1.807) is 0 Å². The molecule has 1 aliphatic rings. The molecule has 0 spiro atoms. The molecule has 0 aliphatic heterocycles. The Labute approximate surface area is 147 Å². The monoisotopic (exact) mass is 395 g/mol. The van der Waals surface area contributed by atoms with Crippen LogP contribution in [-0.2, 0) is 10.5 Å². The lowest BCUT2D eigenvalue weighted by molar-refractivity contribution is -0.113. The molecule has 2 aromatic rings. The number of hydrogen-bond acceptors (Lipinski definition) is 5. The van der Waals surface area contributed by atoms with Crippen molar-refractivity contribution in [2.45, 2.75) is 37.5 Å². The van der Waals surface area contributed by atoms with Crippen LogP contribution in [-0.4, -0.2) is 31.9 Å². The fourth-order valence-corrected chi connectivity index (χ4v) is 3.70. The van der Waals surface area contributed by atoms with Gasteiger partial charge in [-0.3, -0.25) is 4.79 Å². The van der Waals surface area contributed by atoms with Crippen LogP contribution in [0.3, 0.4) is 0 Å². The van der Waals surface area contributed by atoms with Gasteiger partial charge in [-0.2, -0.15) is 0 Å². The lowest BCUT2D eigenvalue weighted by Gasteiger charge is -2.11. The predicted octanol–water partition coefficient (Wildman–Crippen LogP) is 3.42. The minimum atomic E-state index is -0.0165.